The van der Waals surface area contributed by atoms with E-state index in [0.29, 0.717) is 43.4 Å². The average Bonchev–Trinajstić information content (AvgIpc) is 2.74. The van der Waals surface area contributed by atoms with Crippen molar-refractivity contribution in [1.82, 2.24) is 15.5 Å². The molecule has 0 radical (unpaired) electrons. The zero-order chi connectivity index (χ0) is 14.5. The van der Waals surface area contributed by atoms with Crippen LogP contribution in [0.5, 0.6) is 0 Å². The van der Waals surface area contributed by atoms with Crippen molar-refractivity contribution in [2.24, 2.45) is 11.7 Å². The second-order valence-electron chi connectivity index (χ2n) is 5.41. The number of nitrogens with one attached hydrogen (secondary N) is 1. The third-order valence-corrected chi connectivity index (χ3v) is 3.49. The Labute approximate surface area is 114 Å². The van der Waals surface area contributed by atoms with E-state index < -0.39 is 0 Å². The van der Waals surface area contributed by atoms with Gasteiger partial charge in [-0.1, -0.05) is 19.0 Å². The standard InChI is InChI=1S/C13H24N4O2/c1-9(2)13(4,8-14)16-11(18)6-5-7-12-15-10(3)17-19-12/h9H,5-8,14H2,1-4H3,(H,16,18). The number of hydrogen-bond acceptors (Lipinski definition) is 5. The van der Waals surface area contributed by atoms with Crippen LogP contribution in [0.1, 0.15) is 45.3 Å². The Morgan fingerprint density at radius 1 is 1.53 bits per heavy atom. The minimum Gasteiger partial charge on any atom is -0.349 e. The van der Waals surface area contributed by atoms with Crippen molar-refractivity contribution < 1.29 is 9.32 Å². The molecule has 1 aromatic heterocycles. The van der Waals surface area contributed by atoms with Gasteiger partial charge in [0, 0.05) is 19.4 Å². The highest BCUT2D eigenvalue weighted by Gasteiger charge is 2.28. The Morgan fingerprint density at radius 2 is 2.21 bits per heavy atom. The normalized spacial score (nSPS) is 14.4. The smallest absolute Gasteiger partial charge is 0.226 e. The molecule has 0 aliphatic rings. The Kier molecular flexibility index (Phi) is 5.47. The van der Waals surface area contributed by atoms with Gasteiger partial charge in [0.2, 0.25) is 11.8 Å². The highest BCUT2D eigenvalue weighted by molar-refractivity contribution is 5.76. The number of nitrogens with two attached hydrogens (primary N) is 1. The van der Waals surface area contributed by atoms with Crippen LogP contribution in [0.15, 0.2) is 4.52 Å². The largest absolute Gasteiger partial charge is 0.349 e. The third-order valence-electron chi connectivity index (χ3n) is 3.49. The summed E-state index contributed by atoms with van der Waals surface area (Å²) in [4.78, 5) is 16.0. The van der Waals surface area contributed by atoms with Crippen molar-refractivity contribution in [2.75, 3.05) is 6.54 Å². The second-order valence-corrected chi connectivity index (χ2v) is 5.41. The van der Waals surface area contributed by atoms with Crippen LogP contribution in [0.4, 0.5) is 0 Å². The number of rotatable bonds is 7. The monoisotopic (exact) mass is 268 g/mol. The molecule has 0 aromatic carbocycles. The summed E-state index contributed by atoms with van der Waals surface area (Å²) in [6, 6.07) is 0. The van der Waals surface area contributed by atoms with E-state index in [9.17, 15) is 4.79 Å². The molecule has 6 heteroatoms. The molecule has 0 saturated heterocycles. The van der Waals surface area contributed by atoms with Crippen molar-refractivity contribution in [3.05, 3.63) is 11.7 Å². The van der Waals surface area contributed by atoms with E-state index in [-0.39, 0.29) is 11.4 Å². The summed E-state index contributed by atoms with van der Waals surface area (Å²) >= 11 is 0. The molecule has 1 atom stereocenters. The lowest BCUT2D eigenvalue weighted by Crippen LogP contribution is -2.54. The molecule has 1 amide bonds. The molecule has 108 valence electrons. The Hall–Kier alpha value is -1.43. The lowest BCUT2D eigenvalue weighted by atomic mass is 9.88. The van der Waals surface area contributed by atoms with Crippen molar-refractivity contribution in [3.63, 3.8) is 0 Å². The number of carbonyl (C=O) groups excluding carboxylic acids is 1. The summed E-state index contributed by atoms with van der Waals surface area (Å²) in [5.41, 5.74) is 5.38. The molecular weight excluding hydrogens is 244 g/mol. The van der Waals surface area contributed by atoms with Crippen LogP contribution in [0, 0.1) is 12.8 Å². The predicted molar refractivity (Wildman–Crippen MR) is 72.4 cm³/mol. The molecule has 1 heterocycles. The van der Waals surface area contributed by atoms with Gasteiger partial charge in [-0.2, -0.15) is 4.98 Å². The van der Waals surface area contributed by atoms with Crippen molar-refractivity contribution in [3.8, 4) is 0 Å². The van der Waals surface area contributed by atoms with Gasteiger partial charge in [0.1, 0.15) is 0 Å². The Morgan fingerprint density at radius 3 is 2.68 bits per heavy atom. The molecule has 19 heavy (non-hydrogen) atoms. The first-order chi connectivity index (χ1) is 8.87. The van der Waals surface area contributed by atoms with Crippen molar-refractivity contribution in [2.45, 2.75) is 52.5 Å². The lowest BCUT2D eigenvalue weighted by molar-refractivity contribution is -0.123. The average molecular weight is 268 g/mol. The number of carbonyl (C=O) groups is 1. The van der Waals surface area contributed by atoms with Crippen molar-refractivity contribution >= 4 is 5.91 Å². The zero-order valence-corrected chi connectivity index (χ0v) is 12.2. The molecule has 0 spiro atoms. The van der Waals surface area contributed by atoms with Gasteiger partial charge in [-0.15, -0.1) is 0 Å². The maximum absolute atomic E-state index is 11.9. The Bertz CT molecular complexity index is 417. The quantitative estimate of drug-likeness (QED) is 0.774. The summed E-state index contributed by atoms with van der Waals surface area (Å²) in [7, 11) is 0. The summed E-state index contributed by atoms with van der Waals surface area (Å²) in [6.45, 7) is 8.27. The summed E-state index contributed by atoms with van der Waals surface area (Å²) < 4.78 is 4.99. The van der Waals surface area contributed by atoms with E-state index in [1.54, 1.807) is 6.92 Å². The maximum Gasteiger partial charge on any atom is 0.226 e. The first-order valence-electron chi connectivity index (χ1n) is 6.67. The summed E-state index contributed by atoms with van der Waals surface area (Å²) in [6.07, 6.45) is 1.74. The van der Waals surface area contributed by atoms with Crippen LogP contribution in [0.3, 0.4) is 0 Å². The molecule has 6 nitrogen and oxygen atoms in total. The first-order valence-corrected chi connectivity index (χ1v) is 6.67. The number of aryl methyl sites for hydroxylation is 2. The molecule has 0 saturated carbocycles. The van der Waals surface area contributed by atoms with Gasteiger partial charge in [0.05, 0.1) is 5.54 Å². The van der Waals surface area contributed by atoms with E-state index in [1.807, 2.05) is 20.8 Å². The van der Waals surface area contributed by atoms with E-state index in [4.69, 9.17) is 10.3 Å². The van der Waals surface area contributed by atoms with Crippen LogP contribution >= 0.6 is 0 Å². The lowest BCUT2D eigenvalue weighted by Gasteiger charge is -2.33. The molecule has 0 bridgehead atoms. The molecule has 0 fully saturated rings. The van der Waals surface area contributed by atoms with E-state index in [1.165, 1.54) is 0 Å². The molecular formula is C13H24N4O2. The van der Waals surface area contributed by atoms with Gasteiger partial charge in [-0.3, -0.25) is 4.79 Å². The van der Waals surface area contributed by atoms with Crippen LogP contribution in [-0.2, 0) is 11.2 Å². The van der Waals surface area contributed by atoms with Crippen LogP contribution in [0.25, 0.3) is 0 Å². The van der Waals surface area contributed by atoms with Gasteiger partial charge >= 0.3 is 0 Å². The van der Waals surface area contributed by atoms with E-state index in [0.717, 1.165) is 0 Å². The molecule has 1 aromatic rings. The number of amides is 1. The van der Waals surface area contributed by atoms with Gasteiger partial charge in [-0.05, 0) is 26.2 Å². The topological polar surface area (TPSA) is 94.0 Å². The second kappa shape index (κ2) is 6.65. The van der Waals surface area contributed by atoms with Gasteiger partial charge < -0.3 is 15.6 Å². The fraction of sp³-hybridized carbons (Fsp3) is 0.769. The maximum atomic E-state index is 11.9. The summed E-state index contributed by atoms with van der Waals surface area (Å²) in [5, 5.41) is 6.71. The van der Waals surface area contributed by atoms with Crippen molar-refractivity contribution in [1.29, 1.82) is 0 Å². The molecule has 0 aliphatic carbocycles. The number of aromatic nitrogens is 2. The number of hydrogen-bond donors (Lipinski definition) is 2. The first kappa shape index (κ1) is 15.6. The Balaban J connectivity index is 2.35. The predicted octanol–water partition coefficient (Wildman–Crippen LogP) is 1.19. The molecule has 1 unspecified atom stereocenters. The molecule has 1 rings (SSSR count). The van der Waals surface area contributed by atoms with Gasteiger partial charge in [0.25, 0.3) is 0 Å². The van der Waals surface area contributed by atoms with E-state index in [2.05, 4.69) is 15.5 Å². The van der Waals surface area contributed by atoms with Crippen LogP contribution < -0.4 is 11.1 Å². The van der Waals surface area contributed by atoms with Gasteiger partial charge in [0.15, 0.2) is 5.82 Å². The highest BCUT2D eigenvalue weighted by Crippen LogP contribution is 2.15. The fourth-order valence-corrected chi connectivity index (χ4v) is 1.65. The summed E-state index contributed by atoms with van der Waals surface area (Å²) in [5.74, 6) is 1.50. The molecule has 0 aliphatic heterocycles. The highest BCUT2D eigenvalue weighted by atomic mass is 16.5. The van der Waals surface area contributed by atoms with Crippen LogP contribution in [0.2, 0.25) is 0 Å². The molecule has 3 N–H and O–H groups in total. The van der Waals surface area contributed by atoms with Crippen LogP contribution in [-0.4, -0.2) is 28.1 Å². The fourth-order valence-electron chi connectivity index (χ4n) is 1.65. The minimum atomic E-state index is -0.349. The van der Waals surface area contributed by atoms with E-state index >= 15 is 0 Å². The van der Waals surface area contributed by atoms with Gasteiger partial charge in [-0.25, -0.2) is 0 Å². The number of nitrogens with zero attached hydrogens (tertiary/aromatic N) is 2. The SMILES string of the molecule is Cc1noc(CCCC(=O)NC(C)(CN)C(C)C)n1. The minimum absolute atomic E-state index is 0.0119. The zero-order valence-electron chi connectivity index (χ0n) is 12.2. The third kappa shape index (κ3) is 4.63.